The molecule has 0 amide bonds. The summed E-state index contributed by atoms with van der Waals surface area (Å²) in [5.41, 5.74) is 5.69. The van der Waals surface area contributed by atoms with Crippen LogP contribution in [0.25, 0.3) is 0 Å². The van der Waals surface area contributed by atoms with Crippen molar-refractivity contribution in [2.75, 3.05) is 85.0 Å². The molecule has 0 aliphatic carbocycles. The Kier molecular flexibility index (Phi) is 12.8. The van der Waals surface area contributed by atoms with Crippen molar-refractivity contribution in [3.05, 3.63) is 0 Å². The quantitative estimate of drug-likeness (QED) is 0.186. The van der Waals surface area contributed by atoms with Crippen LogP contribution >= 0.6 is 24.0 Å². The van der Waals surface area contributed by atoms with Crippen molar-refractivity contribution in [3.63, 3.8) is 0 Å². The fraction of sp³-hybridized carbons (Fsp3) is 0.765. The third kappa shape index (κ3) is 11.5. The van der Waals surface area contributed by atoms with Crippen molar-refractivity contribution in [2.24, 2.45) is 15.2 Å². The van der Waals surface area contributed by atoms with Gasteiger partial charge in [0.2, 0.25) is 0 Å². The normalized spacial score (nSPS) is 19.7. The van der Waals surface area contributed by atoms with Crippen LogP contribution in [0.15, 0.2) is 15.2 Å². The molecule has 2 aliphatic heterocycles. The molecule has 0 saturated carbocycles. The molecule has 2 saturated heterocycles. The monoisotopic (exact) mass is 444 g/mol. The highest BCUT2D eigenvalue weighted by atomic mass is 32.2. The fourth-order valence-corrected chi connectivity index (χ4v) is 3.23. The van der Waals surface area contributed by atoms with Crippen molar-refractivity contribution in [2.45, 2.75) is 0 Å². The van der Waals surface area contributed by atoms with Gasteiger partial charge in [0.25, 0.3) is 0 Å². The van der Waals surface area contributed by atoms with E-state index >= 15 is 0 Å². The first-order chi connectivity index (χ1) is 14.3. The number of nitrogens with zero attached hydrogens (tertiary/aromatic N) is 5. The minimum atomic E-state index is 0.491. The van der Waals surface area contributed by atoms with Gasteiger partial charge in [-0.25, -0.2) is 0 Å². The molecule has 3 N–H and O–H groups in total. The first-order valence-electron chi connectivity index (χ1n) is 9.81. The first-order valence-corrected chi connectivity index (χ1v) is 11.4. The summed E-state index contributed by atoms with van der Waals surface area (Å²) in [6, 6.07) is 0. The number of nitrogens with one attached hydrogen (secondary N) is 3. The van der Waals surface area contributed by atoms with Crippen LogP contribution in [0.5, 0.6) is 0 Å². The van der Waals surface area contributed by atoms with E-state index in [0.29, 0.717) is 5.11 Å². The molecule has 0 radical (unpaired) electrons. The summed E-state index contributed by atoms with van der Waals surface area (Å²) in [6.45, 7) is 10.5. The number of thiocarbonyl (C=S) groups is 1. The summed E-state index contributed by atoms with van der Waals surface area (Å²) < 4.78 is 10.7. The third-order valence-electron chi connectivity index (χ3n) is 4.33. The average molecular weight is 445 g/mol. The second-order valence-corrected chi connectivity index (χ2v) is 7.54. The molecule has 164 valence electrons. The lowest BCUT2D eigenvalue weighted by Gasteiger charge is -2.26. The highest BCUT2D eigenvalue weighted by molar-refractivity contribution is 8.13. The standard InChI is InChI=1S/C17H32N8O2S2/c1-29-17(19-5-7-25-10-14-27-15-11-25)23-21-3-2-20-22-16(28)18-4-6-24-8-12-26-13-9-24/h2-3H,4-15H2,1H3,(H,19,23)(H2,18,22,28)/b20-2+,21-3+. The maximum absolute atomic E-state index is 5.34. The zero-order valence-electron chi connectivity index (χ0n) is 17.0. The maximum Gasteiger partial charge on any atom is 0.187 e. The molecule has 0 aromatic rings. The van der Waals surface area contributed by atoms with Crippen LogP contribution < -0.4 is 16.2 Å². The van der Waals surface area contributed by atoms with Crippen molar-refractivity contribution < 1.29 is 9.47 Å². The van der Waals surface area contributed by atoms with E-state index < -0.39 is 0 Å². The molecule has 0 atom stereocenters. The lowest BCUT2D eigenvalue weighted by molar-refractivity contribution is 0.0389. The van der Waals surface area contributed by atoms with Crippen LogP contribution in [0.2, 0.25) is 0 Å². The van der Waals surface area contributed by atoms with E-state index in [1.54, 1.807) is 6.21 Å². The SMILES string of the molecule is CSC(=NCCN1CCOCC1)N/N=C/C=N/NC(=S)NCCN1CCOCC1. The van der Waals surface area contributed by atoms with E-state index in [4.69, 9.17) is 21.7 Å². The Morgan fingerprint density at radius 1 is 0.966 bits per heavy atom. The Labute approximate surface area is 182 Å². The predicted octanol–water partition coefficient (Wildman–Crippen LogP) is -0.605. The molecule has 0 bridgehead atoms. The zero-order chi connectivity index (χ0) is 20.6. The number of amidine groups is 1. The van der Waals surface area contributed by atoms with Gasteiger partial charge in [-0.15, -0.1) is 0 Å². The first kappa shape index (κ1) is 24.0. The average Bonchev–Trinajstić information content (AvgIpc) is 2.76. The molecular weight excluding hydrogens is 412 g/mol. The van der Waals surface area contributed by atoms with Crippen molar-refractivity contribution in [1.29, 1.82) is 0 Å². The number of thioether (sulfide) groups is 1. The Morgan fingerprint density at radius 2 is 1.55 bits per heavy atom. The van der Waals surface area contributed by atoms with Crippen LogP contribution in [0, 0.1) is 0 Å². The minimum absolute atomic E-state index is 0.491. The highest BCUT2D eigenvalue weighted by Crippen LogP contribution is 1.98. The van der Waals surface area contributed by atoms with Gasteiger partial charge in [0.05, 0.1) is 45.4 Å². The molecule has 29 heavy (non-hydrogen) atoms. The summed E-state index contributed by atoms with van der Waals surface area (Å²) in [5.74, 6) is 0. The van der Waals surface area contributed by atoms with E-state index in [-0.39, 0.29) is 0 Å². The van der Waals surface area contributed by atoms with Gasteiger partial charge >= 0.3 is 0 Å². The van der Waals surface area contributed by atoms with E-state index in [2.05, 4.69) is 41.2 Å². The number of ether oxygens (including phenoxy) is 2. The number of hydrogen-bond donors (Lipinski definition) is 3. The van der Waals surface area contributed by atoms with Gasteiger partial charge in [0, 0.05) is 45.8 Å². The van der Waals surface area contributed by atoms with Gasteiger partial charge < -0.3 is 14.8 Å². The second kappa shape index (κ2) is 15.5. The van der Waals surface area contributed by atoms with Crippen LogP contribution in [-0.4, -0.2) is 118 Å². The largest absolute Gasteiger partial charge is 0.379 e. The van der Waals surface area contributed by atoms with Crippen LogP contribution in [0.1, 0.15) is 0 Å². The molecule has 0 unspecified atom stereocenters. The number of hydrazone groups is 2. The minimum Gasteiger partial charge on any atom is -0.379 e. The van der Waals surface area contributed by atoms with Crippen LogP contribution in [0.3, 0.4) is 0 Å². The van der Waals surface area contributed by atoms with E-state index in [0.717, 1.165) is 84.0 Å². The van der Waals surface area contributed by atoms with Gasteiger partial charge in [-0.1, -0.05) is 11.8 Å². The molecule has 2 heterocycles. The zero-order valence-corrected chi connectivity index (χ0v) is 18.6. The molecule has 2 rings (SSSR count). The predicted molar refractivity (Wildman–Crippen MR) is 124 cm³/mol. The molecular formula is C17H32N8O2S2. The summed E-state index contributed by atoms with van der Waals surface area (Å²) in [5, 5.41) is 12.5. The molecule has 0 aromatic carbocycles. The summed E-state index contributed by atoms with van der Waals surface area (Å²) >= 11 is 6.71. The highest BCUT2D eigenvalue weighted by Gasteiger charge is 2.10. The Bertz CT molecular complexity index is 550. The third-order valence-corrected chi connectivity index (χ3v) is 5.17. The molecule has 0 spiro atoms. The smallest absolute Gasteiger partial charge is 0.187 e. The van der Waals surface area contributed by atoms with E-state index in [1.807, 2.05) is 6.26 Å². The summed E-state index contributed by atoms with van der Waals surface area (Å²) in [7, 11) is 0. The molecule has 12 heteroatoms. The number of aliphatic imine (C=N–C) groups is 1. The lowest BCUT2D eigenvalue weighted by Crippen LogP contribution is -2.42. The lowest BCUT2D eigenvalue weighted by atomic mass is 10.4. The van der Waals surface area contributed by atoms with E-state index in [1.165, 1.54) is 18.0 Å². The van der Waals surface area contributed by atoms with Gasteiger partial charge in [0.15, 0.2) is 10.3 Å². The molecule has 10 nitrogen and oxygen atoms in total. The van der Waals surface area contributed by atoms with Crippen LogP contribution in [-0.2, 0) is 9.47 Å². The summed E-state index contributed by atoms with van der Waals surface area (Å²) in [4.78, 5) is 9.22. The molecule has 2 fully saturated rings. The van der Waals surface area contributed by atoms with Crippen molar-refractivity contribution >= 4 is 46.7 Å². The van der Waals surface area contributed by atoms with Crippen LogP contribution in [0.4, 0.5) is 0 Å². The Hall–Kier alpha value is -1.31. The fourth-order valence-electron chi connectivity index (χ4n) is 2.71. The second-order valence-electron chi connectivity index (χ2n) is 6.33. The van der Waals surface area contributed by atoms with Gasteiger partial charge in [-0.2, -0.15) is 10.2 Å². The summed E-state index contributed by atoms with van der Waals surface area (Å²) in [6.07, 6.45) is 5.05. The number of rotatable bonds is 9. The molecule has 0 aromatic heterocycles. The van der Waals surface area contributed by atoms with Gasteiger partial charge in [-0.05, 0) is 18.5 Å². The Morgan fingerprint density at radius 3 is 2.17 bits per heavy atom. The number of morpholine rings is 2. The van der Waals surface area contributed by atoms with Crippen molar-refractivity contribution in [1.82, 2.24) is 26.0 Å². The molecule has 2 aliphatic rings. The Balaban J connectivity index is 1.52. The van der Waals surface area contributed by atoms with E-state index in [9.17, 15) is 0 Å². The van der Waals surface area contributed by atoms with Crippen molar-refractivity contribution in [3.8, 4) is 0 Å². The maximum atomic E-state index is 5.34. The van der Waals surface area contributed by atoms with Gasteiger partial charge in [0.1, 0.15) is 0 Å². The number of hydrogen-bond acceptors (Lipinski definition) is 9. The van der Waals surface area contributed by atoms with Gasteiger partial charge in [-0.3, -0.25) is 25.6 Å². The topological polar surface area (TPSA) is 98.1 Å².